The minimum absolute atomic E-state index is 0.924. The third-order valence-corrected chi connectivity index (χ3v) is 3.39. The molecule has 82 valence electrons. The molecule has 17 heavy (non-hydrogen) atoms. The van der Waals surface area contributed by atoms with Crippen LogP contribution in [0.2, 0.25) is 0 Å². The predicted octanol–water partition coefficient (Wildman–Crippen LogP) is 3.87. The second-order valence-electron chi connectivity index (χ2n) is 3.61. The van der Waals surface area contributed by atoms with E-state index in [2.05, 4.69) is 22.1 Å². The van der Waals surface area contributed by atoms with Crippen LogP contribution in [0.3, 0.4) is 0 Å². The molecule has 0 amide bonds. The average Bonchev–Trinajstić information content (AvgIpc) is 2.90. The lowest BCUT2D eigenvalue weighted by atomic mass is 10.1. The van der Waals surface area contributed by atoms with Crippen LogP contribution in [0.5, 0.6) is 0 Å². The Morgan fingerprint density at radius 3 is 2.41 bits per heavy atom. The Morgan fingerprint density at radius 2 is 1.65 bits per heavy atom. The number of pyridine rings is 1. The molecule has 0 N–H and O–H groups in total. The van der Waals surface area contributed by atoms with Crippen LogP contribution in [0.1, 0.15) is 0 Å². The number of aromatic nitrogens is 2. The second kappa shape index (κ2) is 4.47. The number of benzene rings is 1. The second-order valence-corrected chi connectivity index (χ2v) is 4.47. The Bertz CT molecular complexity index is 548. The van der Waals surface area contributed by atoms with Gasteiger partial charge in [-0.3, -0.25) is 4.98 Å². The van der Waals surface area contributed by atoms with Crippen molar-refractivity contribution in [1.29, 1.82) is 0 Å². The van der Waals surface area contributed by atoms with E-state index in [4.69, 9.17) is 0 Å². The van der Waals surface area contributed by atoms with Gasteiger partial charge in [-0.25, -0.2) is 4.98 Å². The molecule has 2 aromatic heterocycles. The standard InChI is InChI=1S/C14H10N2S/c1-2-6-11(7-3-1)14-13(16-10-17-14)12-8-4-5-9-15-12/h1-10H. The van der Waals surface area contributed by atoms with Gasteiger partial charge in [0.05, 0.1) is 16.1 Å². The van der Waals surface area contributed by atoms with Crippen LogP contribution in [-0.4, -0.2) is 9.97 Å². The van der Waals surface area contributed by atoms with E-state index < -0.39 is 0 Å². The van der Waals surface area contributed by atoms with Gasteiger partial charge in [-0.1, -0.05) is 36.4 Å². The Hall–Kier alpha value is -2.00. The highest BCUT2D eigenvalue weighted by molar-refractivity contribution is 7.13. The lowest BCUT2D eigenvalue weighted by Crippen LogP contribution is -1.84. The van der Waals surface area contributed by atoms with Crippen LogP contribution in [0.15, 0.2) is 60.2 Å². The smallest absolute Gasteiger partial charge is 0.107 e. The molecule has 0 bridgehead atoms. The Balaban J connectivity index is 2.13. The SMILES string of the molecule is c1ccc(-c2scnc2-c2ccccn2)cc1. The van der Waals surface area contributed by atoms with E-state index in [-0.39, 0.29) is 0 Å². The van der Waals surface area contributed by atoms with E-state index in [1.165, 1.54) is 10.4 Å². The molecule has 1 aromatic carbocycles. The van der Waals surface area contributed by atoms with E-state index in [1.54, 1.807) is 17.5 Å². The van der Waals surface area contributed by atoms with Gasteiger partial charge in [-0.2, -0.15) is 0 Å². The van der Waals surface area contributed by atoms with Crippen molar-refractivity contribution in [2.24, 2.45) is 0 Å². The van der Waals surface area contributed by atoms with Gasteiger partial charge in [0, 0.05) is 6.20 Å². The number of thiazole rings is 1. The fourth-order valence-electron chi connectivity index (χ4n) is 1.73. The number of rotatable bonds is 2. The summed E-state index contributed by atoms with van der Waals surface area (Å²) in [6.45, 7) is 0. The molecule has 2 nitrogen and oxygen atoms in total. The van der Waals surface area contributed by atoms with Crippen molar-refractivity contribution in [3.05, 3.63) is 60.2 Å². The molecule has 0 atom stereocenters. The van der Waals surface area contributed by atoms with Crippen LogP contribution in [0.4, 0.5) is 0 Å². The van der Waals surface area contributed by atoms with Gasteiger partial charge in [-0.05, 0) is 17.7 Å². The molecule has 0 spiro atoms. The molecular formula is C14H10N2S. The summed E-state index contributed by atoms with van der Waals surface area (Å²) in [7, 11) is 0. The van der Waals surface area contributed by atoms with Crippen LogP contribution in [-0.2, 0) is 0 Å². The van der Waals surface area contributed by atoms with Crippen LogP contribution < -0.4 is 0 Å². The first-order valence-electron chi connectivity index (χ1n) is 5.35. The third-order valence-electron chi connectivity index (χ3n) is 2.51. The van der Waals surface area contributed by atoms with E-state index in [0.717, 1.165) is 11.4 Å². The quantitative estimate of drug-likeness (QED) is 0.677. The molecule has 2 heterocycles. The van der Waals surface area contributed by atoms with Crippen molar-refractivity contribution >= 4 is 11.3 Å². The van der Waals surface area contributed by atoms with Gasteiger partial charge < -0.3 is 0 Å². The summed E-state index contributed by atoms with van der Waals surface area (Å²) in [6.07, 6.45) is 1.80. The minimum atomic E-state index is 0.924. The summed E-state index contributed by atoms with van der Waals surface area (Å²) in [4.78, 5) is 9.94. The third kappa shape index (κ3) is 1.97. The first-order chi connectivity index (χ1) is 8.45. The van der Waals surface area contributed by atoms with Crippen LogP contribution >= 0.6 is 11.3 Å². The number of hydrogen-bond donors (Lipinski definition) is 0. The zero-order chi connectivity index (χ0) is 11.5. The maximum absolute atomic E-state index is 4.42. The topological polar surface area (TPSA) is 25.8 Å². The largest absolute Gasteiger partial charge is 0.255 e. The van der Waals surface area contributed by atoms with Gasteiger partial charge >= 0.3 is 0 Å². The van der Waals surface area contributed by atoms with Gasteiger partial charge in [0.2, 0.25) is 0 Å². The summed E-state index contributed by atoms with van der Waals surface area (Å²) in [6, 6.07) is 16.2. The summed E-state index contributed by atoms with van der Waals surface area (Å²) in [5.41, 5.74) is 4.94. The van der Waals surface area contributed by atoms with E-state index in [0.29, 0.717) is 0 Å². The Kier molecular flexibility index (Phi) is 2.68. The molecule has 0 unspecified atom stereocenters. The lowest BCUT2D eigenvalue weighted by Gasteiger charge is -2.01. The van der Waals surface area contributed by atoms with Crippen molar-refractivity contribution in [2.45, 2.75) is 0 Å². The van der Waals surface area contributed by atoms with Crippen LogP contribution in [0.25, 0.3) is 21.8 Å². The molecule has 0 fully saturated rings. The first kappa shape index (κ1) is 10.2. The van der Waals surface area contributed by atoms with E-state index >= 15 is 0 Å². The highest BCUT2D eigenvalue weighted by Crippen LogP contribution is 2.33. The molecule has 0 saturated heterocycles. The molecule has 3 rings (SSSR count). The minimum Gasteiger partial charge on any atom is -0.255 e. The van der Waals surface area contributed by atoms with Gasteiger partial charge in [0.15, 0.2) is 0 Å². The van der Waals surface area contributed by atoms with Gasteiger partial charge in [-0.15, -0.1) is 11.3 Å². The molecule has 0 radical (unpaired) electrons. The van der Waals surface area contributed by atoms with Gasteiger partial charge in [0.1, 0.15) is 5.69 Å². The van der Waals surface area contributed by atoms with Crippen molar-refractivity contribution in [1.82, 2.24) is 9.97 Å². The highest BCUT2D eigenvalue weighted by Gasteiger charge is 2.10. The maximum atomic E-state index is 4.42. The Labute approximate surface area is 104 Å². The molecule has 0 aliphatic heterocycles. The maximum Gasteiger partial charge on any atom is 0.107 e. The monoisotopic (exact) mass is 238 g/mol. The van der Waals surface area contributed by atoms with Crippen molar-refractivity contribution in [3.8, 4) is 21.8 Å². The molecule has 0 saturated carbocycles. The summed E-state index contributed by atoms with van der Waals surface area (Å²) < 4.78 is 0. The fraction of sp³-hybridized carbons (Fsp3) is 0. The normalized spacial score (nSPS) is 10.4. The number of nitrogens with zero attached hydrogens (tertiary/aromatic N) is 2. The van der Waals surface area contributed by atoms with Gasteiger partial charge in [0.25, 0.3) is 0 Å². The highest BCUT2D eigenvalue weighted by atomic mass is 32.1. The van der Waals surface area contributed by atoms with Crippen molar-refractivity contribution < 1.29 is 0 Å². The molecule has 3 aromatic rings. The predicted molar refractivity (Wildman–Crippen MR) is 70.8 cm³/mol. The first-order valence-corrected chi connectivity index (χ1v) is 6.23. The zero-order valence-corrected chi connectivity index (χ0v) is 9.89. The lowest BCUT2D eigenvalue weighted by molar-refractivity contribution is 1.28. The van der Waals surface area contributed by atoms with E-state index in [1.807, 2.05) is 41.9 Å². The van der Waals surface area contributed by atoms with Crippen LogP contribution in [0, 0.1) is 0 Å². The molecule has 0 aliphatic carbocycles. The molecule has 0 aliphatic rings. The zero-order valence-electron chi connectivity index (χ0n) is 9.08. The summed E-state index contributed by atoms with van der Waals surface area (Å²) in [5, 5.41) is 0. The number of hydrogen-bond acceptors (Lipinski definition) is 3. The summed E-state index contributed by atoms with van der Waals surface area (Å²) in [5.74, 6) is 0. The van der Waals surface area contributed by atoms with E-state index in [9.17, 15) is 0 Å². The van der Waals surface area contributed by atoms with Crippen molar-refractivity contribution in [2.75, 3.05) is 0 Å². The van der Waals surface area contributed by atoms with Crippen molar-refractivity contribution in [3.63, 3.8) is 0 Å². The average molecular weight is 238 g/mol. The Morgan fingerprint density at radius 1 is 0.824 bits per heavy atom. The summed E-state index contributed by atoms with van der Waals surface area (Å²) >= 11 is 1.65. The fourth-order valence-corrected chi connectivity index (χ4v) is 2.53. The molecule has 3 heteroatoms. The molecular weight excluding hydrogens is 228 g/mol.